The predicted octanol–water partition coefficient (Wildman–Crippen LogP) is 3.19. The summed E-state index contributed by atoms with van der Waals surface area (Å²) in [6.45, 7) is 2.03. The van der Waals surface area contributed by atoms with E-state index in [1.54, 1.807) is 0 Å². The number of hydrogen-bond donors (Lipinski definition) is 1. The van der Waals surface area contributed by atoms with E-state index in [1.165, 1.54) is 0 Å². The minimum atomic E-state index is 0.472. The molecule has 88 valence electrons. The molecule has 1 aromatic heterocycles. The first-order valence-electron chi connectivity index (χ1n) is 5.83. The van der Waals surface area contributed by atoms with Crippen LogP contribution in [0.15, 0.2) is 48.5 Å². The highest BCUT2D eigenvalue weighted by Crippen LogP contribution is 2.24. The molecule has 0 bridgehead atoms. The summed E-state index contributed by atoms with van der Waals surface area (Å²) < 4.78 is 0. The molecule has 0 saturated carbocycles. The predicted molar refractivity (Wildman–Crippen MR) is 74.1 cm³/mol. The van der Waals surface area contributed by atoms with Crippen LogP contribution in [0.5, 0.6) is 0 Å². The van der Waals surface area contributed by atoms with Crippen molar-refractivity contribution < 1.29 is 0 Å². The second kappa shape index (κ2) is 4.11. The van der Waals surface area contributed by atoms with Crippen molar-refractivity contribution in [3.05, 3.63) is 54.1 Å². The number of aryl methyl sites for hydroxylation is 1. The van der Waals surface area contributed by atoms with Crippen LogP contribution in [-0.4, -0.2) is 9.97 Å². The molecule has 0 unspecified atom stereocenters. The number of nitrogens with zero attached hydrogens (tertiary/aromatic N) is 2. The van der Waals surface area contributed by atoms with E-state index in [0.29, 0.717) is 5.82 Å². The van der Waals surface area contributed by atoms with E-state index >= 15 is 0 Å². The van der Waals surface area contributed by atoms with Gasteiger partial charge in [-0.3, -0.25) is 0 Å². The van der Waals surface area contributed by atoms with Crippen LogP contribution in [0, 0.1) is 6.92 Å². The summed E-state index contributed by atoms with van der Waals surface area (Å²) in [5.74, 6) is 0.472. The van der Waals surface area contributed by atoms with Crippen LogP contribution in [0.2, 0.25) is 0 Å². The number of nitrogens with two attached hydrogens (primary N) is 1. The molecule has 0 atom stereocenters. The van der Waals surface area contributed by atoms with Crippen molar-refractivity contribution in [1.82, 2.24) is 9.97 Å². The van der Waals surface area contributed by atoms with Crippen molar-refractivity contribution in [1.29, 1.82) is 0 Å². The second-order valence-electron chi connectivity index (χ2n) is 4.32. The first-order chi connectivity index (χ1) is 8.74. The van der Waals surface area contributed by atoms with E-state index in [2.05, 4.69) is 9.97 Å². The van der Waals surface area contributed by atoms with E-state index < -0.39 is 0 Å². The zero-order valence-electron chi connectivity index (χ0n) is 10.1. The number of benzene rings is 2. The molecule has 3 aromatic rings. The lowest BCUT2D eigenvalue weighted by molar-refractivity contribution is 1.29. The first kappa shape index (κ1) is 10.7. The molecule has 3 nitrogen and oxygen atoms in total. The molecule has 3 rings (SSSR count). The van der Waals surface area contributed by atoms with Crippen molar-refractivity contribution in [2.75, 3.05) is 5.73 Å². The van der Waals surface area contributed by atoms with Crippen LogP contribution >= 0.6 is 0 Å². The van der Waals surface area contributed by atoms with Crippen molar-refractivity contribution in [3.63, 3.8) is 0 Å². The fourth-order valence-corrected chi connectivity index (χ4v) is 1.99. The maximum atomic E-state index is 6.00. The number of hydrogen-bond acceptors (Lipinski definition) is 3. The summed E-state index contributed by atoms with van der Waals surface area (Å²) in [6, 6.07) is 15.9. The van der Waals surface area contributed by atoms with Crippen LogP contribution in [0.3, 0.4) is 0 Å². The maximum Gasteiger partial charge on any atom is 0.150 e. The van der Waals surface area contributed by atoms with Gasteiger partial charge >= 0.3 is 0 Å². The Balaban J connectivity index is 2.25. The zero-order valence-corrected chi connectivity index (χ0v) is 10.1. The molecule has 18 heavy (non-hydrogen) atoms. The van der Waals surface area contributed by atoms with Crippen molar-refractivity contribution in [2.24, 2.45) is 0 Å². The molecular weight excluding hydrogens is 222 g/mol. The lowest BCUT2D eigenvalue weighted by Gasteiger charge is -2.06. The van der Waals surface area contributed by atoms with E-state index in [9.17, 15) is 0 Å². The van der Waals surface area contributed by atoms with Crippen LogP contribution < -0.4 is 5.73 Å². The molecule has 2 N–H and O–H groups in total. The van der Waals surface area contributed by atoms with Gasteiger partial charge in [0.05, 0.1) is 11.0 Å². The smallest absolute Gasteiger partial charge is 0.150 e. The van der Waals surface area contributed by atoms with Crippen molar-refractivity contribution in [3.8, 4) is 11.3 Å². The number of anilines is 1. The average molecular weight is 235 g/mol. The van der Waals surface area contributed by atoms with Gasteiger partial charge in [-0.15, -0.1) is 0 Å². The van der Waals surface area contributed by atoms with Crippen molar-refractivity contribution in [2.45, 2.75) is 6.92 Å². The van der Waals surface area contributed by atoms with E-state index in [1.807, 2.05) is 55.5 Å². The second-order valence-corrected chi connectivity index (χ2v) is 4.32. The molecule has 1 heterocycles. The summed E-state index contributed by atoms with van der Waals surface area (Å²) in [6.07, 6.45) is 0. The zero-order chi connectivity index (χ0) is 12.5. The summed E-state index contributed by atoms with van der Waals surface area (Å²) in [5.41, 5.74) is 10.6. The molecule has 0 aliphatic rings. The third kappa shape index (κ3) is 1.80. The number of nitrogen functional groups attached to an aromatic ring is 1. The van der Waals surface area contributed by atoms with Gasteiger partial charge in [-0.05, 0) is 24.6 Å². The molecule has 0 fully saturated rings. The first-order valence-corrected chi connectivity index (χ1v) is 5.83. The lowest BCUT2D eigenvalue weighted by atomic mass is 10.1. The van der Waals surface area contributed by atoms with Crippen molar-refractivity contribution >= 4 is 16.9 Å². The Morgan fingerprint density at radius 1 is 0.889 bits per heavy atom. The van der Waals surface area contributed by atoms with Gasteiger partial charge in [0.15, 0.2) is 5.82 Å². The molecular formula is C15H13N3. The Kier molecular flexibility index (Phi) is 2.45. The average Bonchev–Trinajstić information content (AvgIpc) is 2.39. The van der Waals surface area contributed by atoms with E-state index in [-0.39, 0.29) is 0 Å². The van der Waals surface area contributed by atoms with Crippen LogP contribution in [-0.2, 0) is 0 Å². The van der Waals surface area contributed by atoms with Gasteiger partial charge in [-0.2, -0.15) is 0 Å². The molecule has 3 heteroatoms. The van der Waals surface area contributed by atoms with Gasteiger partial charge in [0, 0.05) is 5.56 Å². The molecule has 0 aliphatic heterocycles. The highest BCUT2D eigenvalue weighted by molar-refractivity contribution is 5.82. The quantitative estimate of drug-likeness (QED) is 0.704. The fraction of sp³-hybridized carbons (Fsp3) is 0.0667. The van der Waals surface area contributed by atoms with E-state index in [4.69, 9.17) is 5.73 Å². The number of rotatable bonds is 1. The Bertz CT molecular complexity index is 706. The van der Waals surface area contributed by atoms with Gasteiger partial charge in [0.2, 0.25) is 0 Å². The maximum absolute atomic E-state index is 6.00. The van der Waals surface area contributed by atoms with Gasteiger partial charge < -0.3 is 5.73 Å². The Morgan fingerprint density at radius 3 is 2.44 bits per heavy atom. The molecule has 0 aliphatic carbocycles. The molecule has 2 aromatic carbocycles. The van der Waals surface area contributed by atoms with Gasteiger partial charge in [0.1, 0.15) is 5.69 Å². The Morgan fingerprint density at radius 2 is 1.67 bits per heavy atom. The highest BCUT2D eigenvalue weighted by Gasteiger charge is 2.07. The van der Waals surface area contributed by atoms with Gasteiger partial charge in [0.25, 0.3) is 0 Å². The third-order valence-electron chi connectivity index (χ3n) is 2.89. The molecule has 0 amide bonds. The molecule has 0 saturated heterocycles. The standard InChI is InChI=1S/C15H13N3/c1-10-7-8-12-13(9-10)18-15(16)14(17-12)11-5-3-2-4-6-11/h2-9H,1H3,(H2,16,18). The van der Waals surface area contributed by atoms with E-state index in [0.717, 1.165) is 27.9 Å². The van der Waals surface area contributed by atoms with Gasteiger partial charge in [-0.1, -0.05) is 36.4 Å². The number of aromatic nitrogens is 2. The monoisotopic (exact) mass is 235 g/mol. The number of fused-ring (bicyclic) bond motifs is 1. The third-order valence-corrected chi connectivity index (χ3v) is 2.89. The highest BCUT2D eigenvalue weighted by atomic mass is 14.9. The van der Waals surface area contributed by atoms with Crippen LogP contribution in [0.4, 0.5) is 5.82 Å². The summed E-state index contributed by atoms with van der Waals surface area (Å²) in [4.78, 5) is 9.03. The summed E-state index contributed by atoms with van der Waals surface area (Å²) in [5, 5.41) is 0. The summed E-state index contributed by atoms with van der Waals surface area (Å²) in [7, 11) is 0. The topological polar surface area (TPSA) is 51.8 Å². The fourth-order valence-electron chi connectivity index (χ4n) is 1.99. The molecule has 0 radical (unpaired) electrons. The summed E-state index contributed by atoms with van der Waals surface area (Å²) >= 11 is 0. The lowest BCUT2D eigenvalue weighted by Crippen LogP contribution is -1.98. The minimum Gasteiger partial charge on any atom is -0.382 e. The normalized spacial score (nSPS) is 10.7. The SMILES string of the molecule is Cc1ccc2nc(-c3ccccc3)c(N)nc2c1. The van der Waals surface area contributed by atoms with Crippen LogP contribution in [0.25, 0.3) is 22.3 Å². The van der Waals surface area contributed by atoms with Gasteiger partial charge in [-0.25, -0.2) is 9.97 Å². The molecule has 0 spiro atoms. The minimum absolute atomic E-state index is 0.472. The van der Waals surface area contributed by atoms with Crippen LogP contribution in [0.1, 0.15) is 5.56 Å². The Labute approximate surface area is 105 Å². The Hall–Kier alpha value is -2.42. The largest absolute Gasteiger partial charge is 0.382 e.